The van der Waals surface area contributed by atoms with Gasteiger partial charge in [-0.3, -0.25) is 0 Å². The van der Waals surface area contributed by atoms with Gasteiger partial charge in [0.05, 0.1) is 23.0 Å². The van der Waals surface area contributed by atoms with Gasteiger partial charge in [-0.1, -0.05) is 0 Å². The van der Waals surface area contributed by atoms with Crippen molar-refractivity contribution in [1.82, 2.24) is 9.55 Å². The zero-order valence-electron chi connectivity index (χ0n) is 12.1. The summed E-state index contributed by atoms with van der Waals surface area (Å²) in [4.78, 5) is 4.59. The summed E-state index contributed by atoms with van der Waals surface area (Å²) in [5.41, 5.74) is 1.77. The molecule has 6 nitrogen and oxygen atoms in total. The van der Waals surface area contributed by atoms with Gasteiger partial charge in [0.1, 0.15) is 25.6 Å². The topological polar surface area (TPSA) is 69.3 Å². The van der Waals surface area contributed by atoms with Gasteiger partial charge in [-0.15, -0.1) is 0 Å². The molecule has 2 heterocycles. The van der Waals surface area contributed by atoms with Crippen LogP contribution in [0.1, 0.15) is 12.7 Å². The first-order valence-electron chi connectivity index (χ1n) is 6.90. The Morgan fingerprint density at radius 2 is 2.10 bits per heavy atom. The van der Waals surface area contributed by atoms with E-state index in [-0.39, 0.29) is 5.92 Å². The number of rotatable bonds is 4. The second-order valence-corrected chi connectivity index (χ2v) is 5.09. The highest BCUT2D eigenvalue weighted by Crippen LogP contribution is 2.35. The first-order valence-corrected chi connectivity index (χ1v) is 6.90. The number of hydrogen-bond acceptors (Lipinski definition) is 5. The van der Waals surface area contributed by atoms with Crippen molar-refractivity contribution >= 4 is 11.0 Å². The van der Waals surface area contributed by atoms with Gasteiger partial charge in [-0.25, -0.2) is 4.98 Å². The second kappa shape index (κ2) is 5.62. The molecule has 0 fully saturated rings. The first-order chi connectivity index (χ1) is 10.2. The van der Waals surface area contributed by atoms with E-state index in [0.717, 1.165) is 28.4 Å². The van der Waals surface area contributed by atoms with E-state index in [2.05, 4.69) is 11.1 Å². The van der Waals surface area contributed by atoms with E-state index in [9.17, 15) is 0 Å². The van der Waals surface area contributed by atoms with Crippen LogP contribution in [0.25, 0.3) is 11.0 Å². The number of methoxy groups -OCH3 is 1. The van der Waals surface area contributed by atoms with Crippen LogP contribution in [0, 0.1) is 17.2 Å². The molecule has 0 saturated carbocycles. The monoisotopic (exact) mass is 287 g/mol. The zero-order chi connectivity index (χ0) is 14.8. The van der Waals surface area contributed by atoms with Crippen molar-refractivity contribution in [2.24, 2.45) is 5.92 Å². The van der Waals surface area contributed by atoms with E-state index >= 15 is 0 Å². The summed E-state index contributed by atoms with van der Waals surface area (Å²) in [7, 11) is 1.63. The van der Waals surface area contributed by atoms with E-state index in [0.29, 0.717) is 26.4 Å². The second-order valence-electron chi connectivity index (χ2n) is 5.09. The van der Waals surface area contributed by atoms with Gasteiger partial charge in [-0.05, 0) is 6.92 Å². The molecule has 0 aliphatic carbocycles. The average molecular weight is 287 g/mol. The summed E-state index contributed by atoms with van der Waals surface area (Å²) < 4.78 is 18.4. The molecular formula is C15H17N3O3. The van der Waals surface area contributed by atoms with Gasteiger partial charge in [0.15, 0.2) is 11.5 Å². The maximum Gasteiger partial charge on any atom is 0.163 e. The fourth-order valence-corrected chi connectivity index (χ4v) is 2.47. The third-order valence-corrected chi connectivity index (χ3v) is 3.44. The van der Waals surface area contributed by atoms with Crippen molar-refractivity contribution in [1.29, 1.82) is 5.26 Å². The minimum absolute atomic E-state index is 0.105. The van der Waals surface area contributed by atoms with Crippen LogP contribution in [-0.2, 0) is 17.9 Å². The summed E-state index contributed by atoms with van der Waals surface area (Å²) in [6.07, 6.45) is 0. The Morgan fingerprint density at radius 3 is 2.76 bits per heavy atom. The average Bonchev–Trinajstić information content (AvgIpc) is 2.82. The third-order valence-electron chi connectivity index (χ3n) is 3.44. The van der Waals surface area contributed by atoms with Crippen molar-refractivity contribution in [3.63, 3.8) is 0 Å². The predicted molar refractivity (Wildman–Crippen MR) is 76.2 cm³/mol. The number of aromatic nitrogens is 2. The fraction of sp³-hybridized carbons (Fsp3) is 0.467. The number of imidazole rings is 1. The molecule has 0 bridgehead atoms. The summed E-state index contributed by atoms with van der Waals surface area (Å²) in [6, 6.07) is 6.07. The quantitative estimate of drug-likeness (QED) is 0.861. The first kappa shape index (κ1) is 13.7. The molecule has 0 spiro atoms. The van der Waals surface area contributed by atoms with Crippen molar-refractivity contribution in [2.75, 3.05) is 20.3 Å². The van der Waals surface area contributed by atoms with Crippen LogP contribution in [0.3, 0.4) is 0 Å². The molecule has 0 amide bonds. The number of hydrogen-bond donors (Lipinski definition) is 0. The van der Waals surface area contributed by atoms with Crippen molar-refractivity contribution < 1.29 is 14.2 Å². The van der Waals surface area contributed by atoms with Crippen LogP contribution in [-0.4, -0.2) is 29.9 Å². The number of nitrogens with zero attached hydrogens (tertiary/aromatic N) is 3. The maximum absolute atomic E-state index is 9.06. The molecular weight excluding hydrogens is 270 g/mol. The molecule has 1 aromatic carbocycles. The van der Waals surface area contributed by atoms with Crippen LogP contribution in [0.15, 0.2) is 12.1 Å². The van der Waals surface area contributed by atoms with Crippen molar-refractivity contribution in [2.45, 2.75) is 20.1 Å². The fourth-order valence-electron chi connectivity index (χ4n) is 2.47. The number of ether oxygens (including phenoxy) is 3. The summed E-state index contributed by atoms with van der Waals surface area (Å²) >= 11 is 0. The largest absolute Gasteiger partial charge is 0.486 e. The Labute approximate surface area is 122 Å². The number of fused-ring (bicyclic) bond motifs is 2. The minimum atomic E-state index is -0.105. The third kappa shape index (κ3) is 2.52. The molecule has 110 valence electrons. The van der Waals surface area contributed by atoms with Crippen molar-refractivity contribution in [3.05, 3.63) is 18.0 Å². The minimum Gasteiger partial charge on any atom is -0.486 e. The zero-order valence-corrected chi connectivity index (χ0v) is 12.1. The molecule has 6 heteroatoms. The smallest absolute Gasteiger partial charge is 0.163 e. The highest BCUT2D eigenvalue weighted by Gasteiger charge is 2.19. The lowest BCUT2D eigenvalue weighted by molar-refractivity contribution is 0.172. The number of benzene rings is 1. The molecule has 0 radical (unpaired) electrons. The molecule has 1 unspecified atom stereocenters. The molecule has 1 aliphatic rings. The molecule has 1 aromatic heterocycles. The Kier molecular flexibility index (Phi) is 3.67. The van der Waals surface area contributed by atoms with Crippen LogP contribution < -0.4 is 9.47 Å². The maximum atomic E-state index is 9.06. The normalized spacial score (nSPS) is 14.9. The highest BCUT2D eigenvalue weighted by molar-refractivity contribution is 5.80. The molecule has 21 heavy (non-hydrogen) atoms. The van der Waals surface area contributed by atoms with E-state index in [4.69, 9.17) is 19.5 Å². The standard InChI is InChI=1S/C15H17N3O3/c1-10(7-16)8-18-12-6-14-13(20-3-4-21-14)5-11(12)17-15(18)9-19-2/h5-6,10H,3-4,8-9H2,1-2H3. The molecule has 0 N–H and O–H groups in total. The van der Waals surface area contributed by atoms with E-state index in [1.807, 2.05) is 23.6 Å². The highest BCUT2D eigenvalue weighted by atomic mass is 16.6. The van der Waals surface area contributed by atoms with Gasteiger partial charge in [0, 0.05) is 25.8 Å². The number of nitriles is 1. The molecule has 1 atom stereocenters. The van der Waals surface area contributed by atoms with Crippen LogP contribution >= 0.6 is 0 Å². The SMILES string of the molecule is COCc1nc2cc3c(cc2n1CC(C)C#N)OCCO3. The summed E-state index contributed by atoms with van der Waals surface area (Å²) in [6.45, 7) is 3.97. The predicted octanol–water partition coefficient (Wildman–Crippen LogP) is 2.11. The van der Waals surface area contributed by atoms with E-state index in [1.165, 1.54) is 0 Å². The van der Waals surface area contributed by atoms with Crippen LogP contribution in [0.2, 0.25) is 0 Å². The van der Waals surface area contributed by atoms with Crippen LogP contribution in [0.4, 0.5) is 0 Å². The van der Waals surface area contributed by atoms with Gasteiger partial charge in [0.2, 0.25) is 0 Å². The Hall–Kier alpha value is -2.26. The summed E-state index contributed by atoms with van der Waals surface area (Å²) in [5.74, 6) is 2.14. The van der Waals surface area contributed by atoms with E-state index in [1.54, 1.807) is 7.11 Å². The van der Waals surface area contributed by atoms with Gasteiger partial charge in [0.25, 0.3) is 0 Å². The molecule has 3 rings (SSSR count). The molecule has 1 aliphatic heterocycles. The summed E-state index contributed by atoms with van der Waals surface area (Å²) in [5, 5.41) is 9.06. The Morgan fingerprint density at radius 1 is 1.38 bits per heavy atom. The van der Waals surface area contributed by atoms with Gasteiger partial charge in [-0.2, -0.15) is 5.26 Å². The molecule has 0 saturated heterocycles. The van der Waals surface area contributed by atoms with Crippen LogP contribution in [0.5, 0.6) is 11.5 Å². The molecule has 2 aromatic rings. The van der Waals surface area contributed by atoms with Gasteiger partial charge < -0.3 is 18.8 Å². The van der Waals surface area contributed by atoms with Gasteiger partial charge >= 0.3 is 0 Å². The lowest BCUT2D eigenvalue weighted by atomic mass is 10.2. The van der Waals surface area contributed by atoms with Crippen molar-refractivity contribution in [3.8, 4) is 17.6 Å². The lowest BCUT2D eigenvalue weighted by Gasteiger charge is -2.18. The lowest BCUT2D eigenvalue weighted by Crippen LogP contribution is -2.15. The van der Waals surface area contributed by atoms with E-state index < -0.39 is 0 Å². The Bertz CT molecular complexity index is 702. The Balaban J connectivity index is 2.12.